The molecule has 1 aliphatic carbocycles. The number of rotatable bonds is 7. The van der Waals surface area contributed by atoms with E-state index in [9.17, 15) is 24.3 Å². The number of nitrogens with one attached hydrogen (secondary N) is 1. The Hall–Kier alpha value is -5.32. The van der Waals surface area contributed by atoms with Crippen LogP contribution in [-0.4, -0.2) is 88.7 Å². The van der Waals surface area contributed by atoms with E-state index in [1.54, 1.807) is 0 Å². The summed E-state index contributed by atoms with van der Waals surface area (Å²) in [6.45, 7) is 7.77. The van der Waals surface area contributed by atoms with E-state index in [1.807, 2.05) is 24.3 Å². The number of piperidine rings is 2. The molecular weight excluding hydrogens is 703 g/mol. The van der Waals surface area contributed by atoms with Crippen LogP contribution in [0.25, 0.3) is 0 Å². The summed E-state index contributed by atoms with van der Waals surface area (Å²) in [5, 5.41) is 12.5. The van der Waals surface area contributed by atoms with Crippen LogP contribution in [0.1, 0.15) is 98.0 Å². The van der Waals surface area contributed by atoms with Crippen molar-refractivity contribution in [3.05, 3.63) is 129 Å². The first-order chi connectivity index (χ1) is 27.2. The number of carbonyl (C=O) groups excluding carboxylic acids is 4. The smallest absolute Gasteiger partial charge is 0.262 e. The van der Waals surface area contributed by atoms with Gasteiger partial charge in [-0.2, -0.15) is 0 Å². The summed E-state index contributed by atoms with van der Waals surface area (Å²) >= 11 is 0. The first kappa shape index (κ1) is 35.1. The van der Waals surface area contributed by atoms with Crippen LogP contribution in [0.15, 0.2) is 84.9 Å². The normalized spacial score (nSPS) is 24.5. The second-order valence-corrected chi connectivity index (χ2v) is 17.0. The number of benzene rings is 4. The first-order valence-corrected chi connectivity index (χ1v) is 20.3. The SMILES string of the molecule is O=C1CCC(N2C(=O)c3cc4c(cc3C2=O)CN(CCN2CCC3(CC2)CN(c2ccc([C@@H]5c6ccc(O)cc6CC[C@@H]5c5ccccc5)cc2)C3)C4)C(=O)N1. The van der Waals surface area contributed by atoms with E-state index in [4.69, 9.17) is 0 Å². The molecule has 0 aromatic heterocycles. The number of nitrogens with zero attached hydrogens (tertiary/aromatic N) is 4. The fraction of sp³-hybridized carbons (Fsp3) is 0.391. The van der Waals surface area contributed by atoms with Crippen molar-refractivity contribution in [1.29, 1.82) is 0 Å². The zero-order valence-corrected chi connectivity index (χ0v) is 31.6. The Morgan fingerprint density at radius 2 is 1.38 bits per heavy atom. The van der Waals surface area contributed by atoms with Gasteiger partial charge in [0.15, 0.2) is 0 Å². The minimum absolute atomic E-state index is 0.113. The molecule has 0 saturated carbocycles. The number of aromatic hydroxyl groups is 1. The lowest BCUT2D eigenvalue weighted by Crippen LogP contribution is -2.60. The number of aryl methyl sites for hydroxylation is 1. The Balaban J connectivity index is 0.725. The lowest BCUT2D eigenvalue weighted by atomic mass is 9.69. The van der Waals surface area contributed by atoms with Gasteiger partial charge in [0.2, 0.25) is 11.8 Å². The predicted octanol–water partition coefficient (Wildman–Crippen LogP) is 5.57. The molecule has 5 aliphatic heterocycles. The lowest BCUT2D eigenvalue weighted by molar-refractivity contribution is -0.136. The van der Waals surface area contributed by atoms with Crippen LogP contribution in [0, 0.1) is 5.41 Å². The molecule has 4 amide bonds. The summed E-state index contributed by atoms with van der Waals surface area (Å²) in [5.41, 5.74) is 9.83. The fourth-order valence-corrected chi connectivity index (χ4v) is 10.6. The molecule has 286 valence electrons. The van der Waals surface area contributed by atoms with Crippen LogP contribution in [0.3, 0.4) is 0 Å². The van der Waals surface area contributed by atoms with Gasteiger partial charge in [-0.15, -0.1) is 0 Å². The second-order valence-electron chi connectivity index (χ2n) is 17.0. The zero-order valence-electron chi connectivity index (χ0n) is 31.6. The summed E-state index contributed by atoms with van der Waals surface area (Å²) in [7, 11) is 0. The highest BCUT2D eigenvalue weighted by Crippen LogP contribution is 2.48. The average molecular weight is 750 g/mol. The molecule has 56 heavy (non-hydrogen) atoms. The molecule has 1 unspecified atom stereocenters. The number of likely N-dealkylation sites (tertiary alicyclic amines) is 1. The number of imide groups is 2. The lowest BCUT2D eigenvalue weighted by Gasteiger charge is -2.55. The third-order valence-corrected chi connectivity index (χ3v) is 13.7. The Kier molecular flexibility index (Phi) is 8.60. The molecule has 0 radical (unpaired) electrons. The fourth-order valence-electron chi connectivity index (χ4n) is 10.6. The zero-order chi connectivity index (χ0) is 38.1. The van der Waals surface area contributed by atoms with Crippen LogP contribution in [0.5, 0.6) is 5.75 Å². The monoisotopic (exact) mass is 749 g/mol. The molecule has 5 heterocycles. The van der Waals surface area contributed by atoms with Crippen molar-refractivity contribution in [2.45, 2.75) is 69.5 Å². The highest BCUT2D eigenvalue weighted by Gasteiger charge is 2.47. The van der Waals surface area contributed by atoms with Gasteiger partial charge in [0, 0.05) is 62.7 Å². The van der Waals surface area contributed by atoms with E-state index in [2.05, 4.69) is 80.7 Å². The minimum Gasteiger partial charge on any atom is -0.508 e. The van der Waals surface area contributed by atoms with Crippen LogP contribution in [0.2, 0.25) is 0 Å². The van der Waals surface area contributed by atoms with E-state index in [0.717, 1.165) is 81.2 Å². The quantitative estimate of drug-likeness (QED) is 0.236. The van der Waals surface area contributed by atoms with E-state index in [1.165, 1.54) is 40.8 Å². The molecule has 3 fully saturated rings. The molecule has 2 N–H and O–H groups in total. The van der Waals surface area contributed by atoms with Gasteiger partial charge < -0.3 is 14.9 Å². The van der Waals surface area contributed by atoms with Crippen molar-refractivity contribution in [2.75, 3.05) is 44.2 Å². The molecule has 6 aliphatic rings. The molecule has 3 atom stereocenters. The highest BCUT2D eigenvalue weighted by atomic mass is 16.3. The van der Waals surface area contributed by atoms with Gasteiger partial charge in [-0.25, -0.2) is 0 Å². The number of carbonyl (C=O) groups is 4. The van der Waals surface area contributed by atoms with Gasteiger partial charge in [-0.3, -0.25) is 34.3 Å². The summed E-state index contributed by atoms with van der Waals surface area (Å²) in [6, 6.07) is 28.9. The van der Waals surface area contributed by atoms with Crippen LogP contribution < -0.4 is 10.2 Å². The Morgan fingerprint density at radius 1 is 0.696 bits per heavy atom. The first-order valence-electron chi connectivity index (χ1n) is 20.3. The summed E-state index contributed by atoms with van der Waals surface area (Å²) in [6.07, 6.45) is 4.71. The Labute approximate surface area is 327 Å². The molecule has 4 aromatic rings. The van der Waals surface area contributed by atoms with Crippen molar-refractivity contribution in [3.63, 3.8) is 0 Å². The number of hydrogen-bond acceptors (Lipinski definition) is 8. The standard InChI is InChI=1S/C46H47N5O5/c52-35-11-13-37-31(22-35)8-12-36(29-4-2-1-3-5-29)42(37)30-6-9-34(10-7-30)50-27-46(28-50)16-18-48(19-17-46)20-21-49-25-32-23-38-39(24-33(32)26-49)45(56)51(44(38)55)40-14-15-41(53)47-43(40)54/h1-7,9-11,13,22-24,36,40,42,52H,8,12,14-21,25-28H2,(H,47,53,54)/t36-,40?,42+/m1/s1. The molecule has 0 bridgehead atoms. The van der Waals surface area contributed by atoms with E-state index in [-0.39, 0.29) is 24.7 Å². The number of phenolic OH excluding ortho intramolecular Hbond substituents is 1. The number of phenols is 1. The van der Waals surface area contributed by atoms with Crippen LogP contribution in [-0.2, 0) is 29.1 Å². The second kappa shape index (κ2) is 13.7. The number of anilines is 1. The van der Waals surface area contributed by atoms with E-state index in [0.29, 0.717) is 28.2 Å². The van der Waals surface area contributed by atoms with Crippen LogP contribution >= 0.6 is 0 Å². The third kappa shape index (κ3) is 6.10. The Morgan fingerprint density at radius 3 is 2.05 bits per heavy atom. The third-order valence-electron chi connectivity index (χ3n) is 13.7. The molecule has 10 nitrogen and oxygen atoms in total. The minimum atomic E-state index is -0.943. The topological polar surface area (TPSA) is 114 Å². The average Bonchev–Trinajstić information content (AvgIpc) is 3.71. The van der Waals surface area contributed by atoms with Gasteiger partial charge in [-0.1, -0.05) is 48.5 Å². The maximum atomic E-state index is 13.3. The Bertz CT molecular complexity index is 2190. The van der Waals surface area contributed by atoms with Crippen molar-refractivity contribution in [1.82, 2.24) is 20.0 Å². The van der Waals surface area contributed by atoms with E-state index >= 15 is 0 Å². The molecular formula is C46H47N5O5. The molecule has 4 aromatic carbocycles. The summed E-state index contributed by atoms with van der Waals surface area (Å²) in [4.78, 5) is 59.3. The van der Waals surface area contributed by atoms with Crippen molar-refractivity contribution in [3.8, 4) is 5.75 Å². The van der Waals surface area contributed by atoms with Crippen molar-refractivity contribution in [2.24, 2.45) is 5.41 Å². The molecule has 10 heteroatoms. The predicted molar refractivity (Wildman–Crippen MR) is 211 cm³/mol. The van der Waals surface area contributed by atoms with Gasteiger partial charge in [0.25, 0.3) is 11.8 Å². The summed E-state index contributed by atoms with van der Waals surface area (Å²) < 4.78 is 0. The number of hydrogen-bond donors (Lipinski definition) is 2. The maximum absolute atomic E-state index is 13.3. The molecule has 10 rings (SSSR count). The van der Waals surface area contributed by atoms with Crippen molar-refractivity contribution >= 4 is 29.3 Å². The van der Waals surface area contributed by atoms with E-state index < -0.39 is 23.8 Å². The van der Waals surface area contributed by atoms with Gasteiger partial charge in [0.1, 0.15) is 11.8 Å². The summed E-state index contributed by atoms with van der Waals surface area (Å²) in [5.74, 6) is -0.849. The van der Waals surface area contributed by atoms with Gasteiger partial charge >= 0.3 is 0 Å². The van der Waals surface area contributed by atoms with Crippen LogP contribution in [0.4, 0.5) is 5.69 Å². The molecule has 1 spiro atoms. The number of amides is 4. The largest absolute Gasteiger partial charge is 0.508 e. The molecule has 3 saturated heterocycles. The van der Waals surface area contributed by atoms with Crippen molar-refractivity contribution < 1.29 is 24.3 Å². The van der Waals surface area contributed by atoms with Gasteiger partial charge in [0.05, 0.1) is 11.1 Å². The number of fused-ring (bicyclic) bond motifs is 3. The van der Waals surface area contributed by atoms with Gasteiger partial charge in [-0.05, 0) is 121 Å². The maximum Gasteiger partial charge on any atom is 0.262 e. The highest BCUT2D eigenvalue weighted by molar-refractivity contribution is 6.23.